The van der Waals surface area contributed by atoms with E-state index in [9.17, 15) is 18.0 Å². The van der Waals surface area contributed by atoms with Gasteiger partial charge in [-0.05, 0) is 17.7 Å². The van der Waals surface area contributed by atoms with Crippen LogP contribution >= 0.6 is 0 Å². The molecule has 0 spiro atoms. The number of carbonyl (C=O) groups excluding carboxylic acids is 1. The third-order valence-electron chi connectivity index (χ3n) is 5.59. The summed E-state index contributed by atoms with van der Waals surface area (Å²) in [6, 6.07) is 12.8. The number of ether oxygens (including phenoxy) is 1. The SMILES string of the molecule is O=C(c1cccn(Cc2ccccc2)c1=O)N1CCN(S(=O)(=O)N2CCOCC2)CC1. The number of carbonyl (C=O) groups is 1. The lowest BCUT2D eigenvalue weighted by molar-refractivity contribution is 0.0635. The lowest BCUT2D eigenvalue weighted by Gasteiger charge is -2.37. The van der Waals surface area contributed by atoms with Gasteiger partial charge in [-0.1, -0.05) is 30.3 Å². The van der Waals surface area contributed by atoms with Crippen molar-refractivity contribution in [2.24, 2.45) is 0 Å². The third-order valence-corrected chi connectivity index (χ3v) is 7.63. The van der Waals surface area contributed by atoms with Crippen molar-refractivity contribution in [3.63, 3.8) is 0 Å². The number of nitrogens with zero attached hydrogens (tertiary/aromatic N) is 4. The molecule has 31 heavy (non-hydrogen) atoms. The van der Waals surface area contributed by atoms with E-state index in [1.165, 1.54) is 19.2 Å². The quantitative estimate of drug-likeness (QED) is 0.656. The molecule has 0 N–H and O–H groups in total. The molecule has 1 aromatic heterocycles. The van der Waals surface area contributed by atoms with E-state index in [0.29, 0.717) is 32.8 Å². The molecule has 2 saturated heterocycles. The normalized spacial score (nSPS) is 18.8. The molecule has 0 saturated carbocycles. The molecule has 2 fully saturated rings. The number of piperazine rings is 1. The van der Waals surface area contributed by atoms with Crippen molar-refractivity contribution < 1.29 is 17.9 Å². The predicted octanol–water partition coefficient (Wildman–Crippen LogP) is 0.231. The van der Waals surface area contributed by atoms with Crippen LogP contribution < -0.4 is 5.56 Å². The topological polar surface area (TPSA) is 92.2 Å². The zero-order chi connectivity index (χ0) is 21.8. The van der Waals surface area contributed by atoms with Gasteiger partial charge in [-0.2, -0.15) is 17.0 Å². The highest BCUT2D eigenvalue weighted by Crippen LogP contribution is 2.15. The van der Waals surface area contributed by atoms with Gasteiger partial charge in [0.2, 0.25) is 0 Å². The molecule has 2 aliphatic rings. The Bertz CT molecular complexity index is 1070. The number of amides is 1. The largest absolute Gasteiger partial charge is 0.379 e. The molecular weight excluding hydrogens is 420 g/mol. The fourth-order valence-corrected chi connectivity index (χ4v) is 5.40. The number of rotatable bonds is 5. The highest BCUT2D eigenvalue weighted by atomic mass is 32.2. The monoisotopic (exact) mass is 446 g/mol. The second kappa shape index (κ2) is 9.31. The Morgan fingerprint density at radius 2 is 1.52 bits per heavy atom. The van der Waals surface area contributed by atoms with Crippen molar-refractivity contribution in [3.8, 4) is 0 Å². The standard InChI is InChI=1S/C21H26N4O5S/c26-20(19-7-4-8-23(21(19)27)17-18-5-2-1-3-6-18)22-9-11-24(12-10-22)31(28,29)25-13-15-30-16-14-25/h1-8H,9-17H2. The summed E-state index contributed by atoms with van der Waals surface area (Å²) in [5.74, 6) is -0.365. The zero-order valence-electron chi connectivity index (χ0n) is 17.2. The molecule has 2 aliphatic heterocycles. The molecule has 0 radical (unpaired) electrons. The molecule has 4 rings (SSSR count). The van der Waals surface area contributed by atoms with Gasteiger partial charge in [0.25, 0.3) is 21.7 Å². The van der Waals surface area contributed by atoms with Crippen LogP contribution in [0.5, 0.6) is 0 Å². The molecule has 0 unspecified atom stereocenters. The van der Waals surface area contributed by atoms with Gasteiger partial charge in [0.15, 0.2) is 0 Å². The first-order chi connectivity index (χ1) is 15.0. The minimum Gasteiger partial charge on any atom is -0.379 e. The summed E-state index contributed by atoms with van der Waals surface area (Å²) >= 11 is 0. The lowest BCUT2D eigenvalue weighted by atomic mass is 10.2. The summed E-state index contributed by atoms with van der Waals surface area (Å²) in [7, 11) is -3.57. The smallest absolute Gasteiger partial charge is 0.282 e. The van der Waals surface area contributed by atoms with Crippen LogP contribution in [0.15, 0.2) is 53.5 Å². The first-order valence-electron chi connectivity index (χ1n) is 10.3. The van der Waals surface area contributed by atoms with Crippen LogP contribution in [0, 0.1) is 0 Å². The van der Waals surface area contributed by atoms with Crippen molar-refractivity contribution >= 4 is 16.1 Å². The van der Waals surface area contributed by atoms with Crippen LogP contribution in [-0.4, -0.2) is 84.9 Å². The van der Waals surface area contributed by atoms with E-state index in [4.69, 9.17) is 4.74 Å². The average molecular weight is 447 g/mol. The van der Waals surface area contributed by atoms with Crippen molar-refractivity contribution in [3.05, 3.63) is 70.1 Å². The van der Waals surface area contributed by atoms with Gasteiger partial charge >= 0.3 is 0 Å². The fraction of sp³-hybridized carbons (Fsp3) is 0.429. The van der Waals surface area contributed by atoms with Crippen molar-refractivity contribution in [1.29, 1.82) is 0 Å². The maximum Gasteiger partial charge on any atom is 0.282 e. The number of hydrogen-bond acceptors (Lipinski definition) is 5. The minimum absolute atomic E-state index is 0.0999. The molecule has 0 aliphatic carbocycles. The van der Waals surface area contributed by atoms with E-state index in [2.05, 4.69) is 0 Å². The van der Waals surface area contributed by atoms with Gasteiger partial charge < -0.3 is 14.2 Å². The molecule has 1 amide bonds. The van der Waals surface area contributed by atoms with Gasteiger partial charge in [-0.15, -0.1) is 0 Å². The van der Waals surface area contributed by atoms with Crippen molar-refractivity contribution in [1.82, 2.24) is 18.1 Å². The predicted molar refractivity (Wildman–Crippen MR) is 115 cm³/mol. The maximum atomic E-state index is 13.0. The van der Waals surface area contributed by atoms with Crippen LogP contribution in [0.4, 0.5) is 0 Å². The average Bonchev–Trinajstić information content (AvgIpc) is 2.81. The third kappa shape index (κ3) is 4.72. The zero-order valence-corrected chi connectivity index (χ0v) is 18.0. The molecule has 9 nitrogen and oxygen atoms in total. The van der Waals surface area contributed by atoms with E-state index < -0.39 is 10.2 Å². The highest BCUT2D eigenvalue weighted by molar-refractivity contribution is 7.86. The molecule has 3 heterocycles. The molecule has 0 bridgehead atoms. The molecule has 1 aromatic carbocycles. The molecule has 166 valence electrons. The Balaban J connectivity index is 1.43. The van der Waals surface area contributed by atoms with Crippen LogP contribution in [0.3, 0.4) is 0 Å². The second-order valence-electron chi connectivity index (χ2n) is 7.55. The van der Waals surface area contributed by atoms with Crippen molar-refractivity contribution in [2.75, 3.05) is 52.5 Å². The van der Waals surface area contributed by atoms with E-state index in [1.54, 1.807) is 17.2 Å². The minimum atomic E-state index is -3.57. The van der Waals surface area contributed by atoms with Gasteiger partial charge in [-0.25, -0.2) is 0 Å². The Kier molecular flexibility index (Phi) is 6.51. The first kappa shape index (κ1) is 21.7. The first-order valence-corrected chi connectivity index (χ1v) is 11.7. The number of pyridine rings is 1. The molecule has 2 aromatic rings. The Morgan fingerprint density at radius 1 is 0.871 bits per heavy atom. The van der Waals surface area contributed by atoms with Gasteiger partial charge in [0.05, 0.1) is 19.8 Å². The highest BCUT2D eigenvalue weighted by Gasteiger charge is 2.34. The van der Waals surface area contributed by atoms with E-state index >= 15 is 0 Å². The Labute approximate surface area is 181 Å². The van der Waals surface area contributed by atoms with Crippen LogP contribution in [0.25, 0.3) is 0 Å². The lowest BCUT2D eigenvalue weighted by Crippen LogP contribution is -2.56. The summed E-state index contributed by atoms with van der Waals surface area (Å²) in [6.45, 7) is 2.74. The summed E-state index contributed by atoms with van der Waals surface area (Å²) in [4.78, 5) is 27.4. The Morgan fingerprint density at radius 3 is 2.19 bits per heavy atom. The van der Waals surface area contributed by atoms with E-state index in [0.717, 1.165) is 5.56 Å². The van der Waals surface area contributed by atoms with Crippen LogP contribution in [0.1, 0.15) is 15.9 Å². The van der Waals surface area contributed by atoms with Gasteiger partial charge in [0.1, 0.15) is 5.56 Å². The van der Waals surface area contributed by atoms with Crippen LogP contribution in [0.2, 0.25) is 0 Å². The van der Waals surface area contributed by atoms with Crippen LogP contribution in [-0.2, 0) is 21.5 Å². The van der Waals surface area contributed by atoms with Crippen molar-refractivity contribution in [2.45, 2.75) is 6.54 Å². The second-order valence-corrected chi connectivity index (χ2v) is 9.48. The maximum absolute atomic E-state index is 13.0. The fourth-order valence-electron chi connectivity index (χ4n) is 3.84. The number of morpholine rings is 1. The number of benzene rings is 1. The summed E-state index contributed by atoms with van der Waals surface area (Å²) in [6.07, 6.45) is 1.67. The van der Waals surface area contributed by atoms with Gasteiger partial charge in [-0.3, -0.25) is 9.59 Å². The summed E-state index contributed by atoms with van der Waals surface area (Å²) in [5.41, 5.74) is 0.721. The summed E-state index contributed by atoms with van der Waals surface area (Å²) in [5, 5.41) is 0. The number of aromatic nitrogens is 1. The molecule has 10 heteroatoms. The molecule has 0 atom stereocenters. The molecular formula is C21H26N4O5S. The van der Waals surface area contributed by atoms with E-state index in [1.807, 2.05) is 30.3 Å². The summed E-state index contributed by atoms with van der Waals surface area (Å²) < 4.78 is 35.2. The van der Waals surface area contributed by atoms with Gasteiger partial charge in [0, 0.05) is 45.5 Å². The Hall–Kier alpha value is -2.53. The van der Waals surface area contributed by atoms with E-state index in [-0.39, 0.29) is 43.2 Å². The number of hydrogen-bond donors (Lipinski definition) is 0.